The molecule has 0 aromatic heterocycles. The Labute approximate surface area is 201 Å². The van der Waals surface area contributed by atoms with Crippen molar-refractivity contribution in [2.24, 2.45) is 11.8 Å². The van der Waals surface area contributed by atoms with Crippen LogP contribution in [-0.4, -0.2) is 54.6 Å². The lowest BCUT2D eigenvalue weighted by Gasteiger charge is -2.36. The Bertz CT molecular complexity index is 1150. The molecule has 0 saturated carbocycles. The van der Waals surface area contributed by atoms with Gasteiger partial charge in [-0.2, -0.15) is 0 Å². The molecular weight excluding hydrogens is 468 g/mol. The van der Waals surface area contributed by atoms with Gasteiger partial charge >= 0.3 is 11.9 Å². The molecule has 9 nitrogen and oxygen atoms in total. The van der Waals surface area contributed by atoms with Crippen LogP contribution in [0.4, 0.5) is 0 Å². The molecule has 1 fully saturated rings. The maximum atomic E-state index is 13.2. The van der Waals surface area contributed by atoms with E-state index in [0.29, 0.717) is 39.7 Å². The van der Waals surface area contributed by atoms with Gasteiger partial charge in [-0.05, 0) is 41.0 Å². The third-order valence-electron chi connectivity index (χ3n) is 6.49. The minimum atomic E-state index is -1.45. The fraction of sp³-hybridized carbons (Fsp3) is 0.417. The van der Waals surface area contributed by atoms with E-state index >= 15 is 0 Å². The first-order chi connectivity index (χ1) is 16.3. The highest BCUT2D eigenvalue weighted by atomic mass is 35.5. The van der Waals surface area contributed by atoms with E-state index in [2.05, 4.69) is 0 Å². The van der Waals surface area contributed by atoms with Crippen LogP contribution in [0.2, 0.25) is 5.02 Å². The van der Waals surface area contributed by atoms with Gasteiger partial charge in [0.25, 0.3) is 0 Å². The maximum Gasteiger partial charge on any atom is 0.313 e. The summed E-state index contributed by atoms with van der Waals surface area (Å²) >= 11 is 6.53. The third-order valence-corrected chi connectivity index (χ3v) is 6.77. The molecule has 2 aromatic rings. The van der Waals surface area contributed by atoms with Gasteiger partial charge in [-0.3, -0.25) is 9.59 Å². The molecule has 2 unspecified atom stereocenters. The van der Waals surface area contributed by atoms with Crippen molar-refractivity contribution in [1.29, 1.82) is 0 Å². The fourth-order valence-corrected chi connectivity index (χ4v) is 5.37. The number of benzene rings is 2. The SMILES string of the molecule is COC(=O)C1C(C(=O)OC)[C@@]2(c3cc(Cl)c(OC)c(OC)c3)O[C@@H]1c1cc(OC)c(OC)cc12. The van der Waals surface area contributed by atoms with Gasteiger partial charge in [-0.15, -0.1) is 0 Å². The van der Waals surface area contributed by atoms with Crippen LogP contribution in [0.1, 0.15) is 22.8 Å². The number of hydrogen-bond donors (Lipinski definition) is 0. The molecule has 4 rings (SSSR count). The highest BCUT2D eigenvalue weighted by Gasteiger charge is 2.69. The second-order valence-corrected chi connectivity index (χ2v) is 8.22. The predicted octanol–water partition coefficient (Wildman–Crippen LogP) is 3.28. The number of halogens is 1. The van der Waals surface area contributed by atoms with Crippen LogP contribution < -0.4 is 18.9 Å². The van der Waals surface area contributed by atoms with Gasteiger partial charge in [0.1, 0.15) is 17.4 Å². The van der Waals surface area contributed by atoms with Crippen molar-refractivity contribution in [3.8, 4) is 23.0 Å². The molecule has 34 heavy (non-hydrogen) atoms. The Kier molecular flexibility index (Phi) is 6.26. The van der Waals surface area contributed by atoms with Crippen LogP contribution in [0, 0.1) is 11.8 Å². The van der Waals surface area contributed by atoms with E-state index in [1.54, 1.807) is 24.3 Å². The number of carbonyl (C=O) groups excluding carboxylic acids is 2. The van der Waals surface area contributed by atoms with E-state index in [1.807, 2.05) is 0 Å². The number of ether oxygens (including phenoxy) is 7. The molecule has 2 heterocycles. The molecule has 0 radical (unpaired) electrons. The summed E-state index contributed by atoms with van der Waals surface area (Å²) in [5.41, 5.74) is 0.315. The molecule has 2 aromatic carbocycles. The zero-order valence-electron chi connectivity index (χ0n) is 19.6. The average Bonchev–Trinajstić information content (AvgIpc) is 3.38. The molecule has 182 valence electrons. The number of methoxy groups -OCH3 is 6. The van der Waals surface area contributed by atoms with Gasteiger partial charge in [0.2, 0.25) is 0 Å². The van der Waals surface area contributed by atoms with E-state index in [1.165, 1.54) is 42.7 Å². The lowest BCUT2D eigenvalue weighted by molar-refractivity contribution is -0.158. The minimum absolute atomic E-state index is 0.241. The zero-order chi connectivity index (χ0) is 24.8. The first-order valence-corrected chi connectivity index (χ1v) is 10.7. The molecule has 2 aliphatic rings. The lowest BCUT2D eigenvalue weighted by atomic mass is 9.65. The number of hydrogen-bond acceptors (Lipinski definition) is 9. The Balaban J connectivity index is 2.09. The van der Waals surface area contributed by atoms with E-state index in [-0.39, 0.29) is 5.02 Å². The Morgan fingerprint density at radius 3 is 2.00 bits per heavy atom. The zero-order valence-corrected chi connectivity index (χ0v) is 20.3. The van der Waals surface area contributed by atoms with E-state index in [4.69, 9.17) is 44.8 Å². The van der Waals surface area contributed by atoms with E-state index in [9.17, 15) is 9.59 Å². The highest BCUT2D eigenvalue weighted by Crippen LogP contribution is 2.66. The third kappa shape index (κ3) is 3.18. The normalized spacial score (nSPS) is 24.3. The van der Waals surface area contributed by atoms with Crippen LogP contribution in [0.5, 0.6) is 23.0 Å². The van der Waals surface area contributed by atoms with Crippen LogP contribution in [0.25, 0.3) is 0 Å². The summed E-state index contributed by atoms with van der Waals surface area (Å²) in [5.74, 6) is -1.75. The molecule has 2 aliphatic heterocycles. The first kappa shape index (κ1) is 24.0. The Morgan fingerprint density at radius 1 is 0.824 bits per heavy atom. The van der Waals surface area contributed by atoms with Gasteiger partial charge in [0.15, 0.2) is 23.0 Å². The monoisotopic (exact) mass is 492 g/mol. The summed E-state index contributed by atoms with van der Waals surface area (Å²) in [6.07, 6.45) is -0.807. The number of rotatable bonds is 7. The van der Waals surface area contributed by atoms with Crippen molar-refractivity contribution in [1.82, 2.24) is 0 Å². The smallest absolute Gasteiger partial charge is 0.313 e. The maximum absolute atomic E-state index is 13.2. The van der Waals surface area contributed by atoms with Gasteiger partial charge in [-0.1, -0.05) is 11.6 Å². The first-order valence-electron chi connectivity index (χ1n) is 10.3. The second kappa shape index (κ2) is 8.88. The standard InChI is InChI=1S/C24H25ClO9/c1-28-15-9-12-13(10-16(15)29-2)24(11-7-14(25)21(31-4)17(8-11)30-3)19(23(27)33-6)18(20(12)34-24)22(26)32-5/h7-10,18-20H,1-6H3/t18?,19?,20-,24+/m1/s1. The van der Waals surface area contributed by atoms with Gasteiger partial charge in [0.05, 0.1) is 53.8 Å². The van der Waals surface area contributed by atoms with Crippen molar-refractivity contribution >= 4 is 23.5 Å². The summed E-state index contributed by atoms with van der Waals surface area (Å²) in [4.78, 5) is 26.2. The molecule has 0 spiro atoms. The molecule has 4 atom stereocenters. The van der Waals surface area contributed by atoms with Gasteiger partial charge in [-0.25, -0.2) is 0 Å². The highest BCUT2D eigenvalue weighted by molar-refractivity contribution is 6.32. The molecular formula is C24H25ClO9. The summed E-state index contributed by atoms with van der Waals surface area (Å²) in [5, 5.41) is 0.241. The summed E-state index contributed by atoms with van der Waals surface area (Å²) in [6.45, 7) is 0. The quantitative estimate of drug-likeness (QED) is 0.539. The van der Waals surface area contributed by atoms with Crippen LogP contribution in [-0.2, 0) is 29.4 Å². The summed E-state index contributed by atoms with van der Waals surface area (Å²) in [6, 6.07) is 6.78. The van der Waals surface area contributed by atoms with Crippen LogP contribution in [0.3, 0.4) is 0 Å². The van der Waals surface area contributed by atoms with Crippen molar-refractivity contribution in [2.75, 3.05) is 42.7 Å². The molecule has 0 aliphatic carbocycles. The summed E-state index contributed by atoms with van der Waals surface area (Å²) < 4.78 is 38.6. The molecule has 2 bridgehead atoms. The predicted molar refractivity (Wildman–Crippen MR) is 120 cm³/mol. The van der Waals surface area contributed by atoms with Crippen molar-refractivity contribution < 1.29 is 42.7 Å². The number of fused-ring (bicyclic) bond motifs is 5. The second-order valence-electron chi connectivity index (χ2n) is 7.81. The van der Waals surface area contributed by atoms with Gasteiger partial charge < -0.3 is 33.2 Å². The fourth-order valence-electron chi connectivity index (χ4n) is 5.08. The summed E-state index contributed by atoms with van der Waals surface area (Å²) in [7, 11) is 8.48. The van der Waals surface area contributed by atoms with E-state index in [0.717, 1.165) is 0 Å². The lowest BCUT2D eigenvalue weighted by Crippen LogP contribution is -2.45. The molecule has 0 N–H and O–H groups in total. The topological polar surface area (TPSA) is 98.8 Å². The minimum Gasteiger partial charge on any atom is -0.493 e. The van der Waals surface area contributed by atoms with Crippen LogP contribution >= 0.6 is 11.6 Å². The molecule has 10 heteroatoms. The molecule has 0 amide bonds. The van der Waals surface area contributed by atoms with Crippen molar-refractivity contribution in [3.63, 3.8) is 0 Å². The van der Waals surface area contributed by atoms with Gasteiger partial charge in [0, 0.05) is 0 Å². The molecule has 1 saturated heterocycles. The number of esters is 2. The number of carbonyl (C=O) groups is 2. The van der Waals surface area contributed by atoms with Crippen LogP contribution in [0.15, 0.2) is 24.3 Å². The van der Waals surface area contributed by atoms with Crippen molar-refractivity contribution in [3.05, 3.63) is 46.0 Å². The van der Waals surface area contributed by atoms with Crippen molar-refractivity contribution in [2.45, 2.75) is 11.7 Å². The van der Waals surface area contributed by atoms with E-state index < -0.39 is 35.5 Å². The largest absolute Gasteiger partial charge is 0.493 e. The Morgan fingerprint density at radius 2 is 1.44 bits per heavy atom. The average molecular weight is 493 g/mol. The Hall–Kier alpha value is -3.17.